The van der Waals surface area contributed by atoms with Gasteiger partial charge in [0.15, 0.2) is 5.12 Å². The molecule has 1 aliphatic rings. The van der Waals surface area contributed by atoms with Crippen molar-refractivity contribution in [2.75, 3.05) is 5.75 Å². The van der Waals surface area contributed by atoms with Gasteiger partial charge in [0.2, 0.25) is 0 Å². The van der Waals surface area contributed by atoms with Crippen molar-refractivity contribution >= 4 is 16.9 Å². The van der Waals surface area contributed by atoms with Gasteiger partial charge in [0.25, 0.3) is 0 Å². The number of hydrogen-bond donors (Lipinski definition) is 0. The van der Waals surface area contributed by atoms with Crippen LogP contribution in [0.4, 0.5) is 0 Å². The highest BCUT2D eigenvalue weighted by molar-refractivity contribution is 8.13. The van der Waals surface area contributed by atoms with E-state index in [2.05, 4.69) is 6.92 Å². The molecule has 0 N–H and O–H groups in total. The molecule has 0 fully saturated rings. The van der Waals surface area contributed by atoms with Crippen LogP contribution in [0.15, 0.2) is 24.3 Å². The Kier molecular flexibility index (Phi) is 9.01. The van der Waals surface area contributed by atoms with E-state index in [4.69, 9.17) is 0 Å². The topological polar surface area (TPSA) is 17.1 Å². The molecule has 1 aliphatic carbocycles. The van der Waals surface area contributed by atoms with Crippen LogP contribution in [0.3, 0.4) is 0 Å². The van der Waals surface area contributed by atoms with Gasteiger partial charge < -0.3 is 0 Å². The van der Waals surface area contributed by atoms with Crippen LogP contribution < -0.4 is 0 Å². The molecule has 0 aromatic carbocycles. The molecule has 0 radical (unpaired) electrons. The molecular formula is C16H26OS. The Balaban J connectivity index is 1.85. The van der Waals surface area contributed by atoms with E-state index >= 15 is 0 Å². The fourth-order valence-electron chi connectivity index (χ4n) is 2.09. The van der Waals surface area contributed by atoms with Gasteiger partial charge in [-0.25, -0.2) is 0 Å². The number of thioether (sulfide) groups is 1. The van der Waals surface area contributed by atoms with Crippen LogP contribution in [-0.2, 0) is 4.79 Å². The van der Waals surface area contributed by atoms with E-state index in [1.54, 1.807) is 0 Å². The van der Waals surface area contributed by atoms with Gasteiger partial charge in [0.1, 0.15) is 0 Å². The first kappa shape index (κ1) is 15.6. The van der Waals surface area contributed by atoms with Gasteiger partial charge in [-0.15, -0.1) is 0 Å². The number of carbonyl (C=O) groups excluding carboxylic acids is 1. The maximum Gasteiger partial charge on any atom is 0.199 e. The summed E-state index contributed by atoms with van der Waals surface area (Å²) in [6.45, 7) is 2.25. The number of unbranched alkanes of at least 4 members (excludes halogenated alkanes) is 7. The molecule has 1 rings (SSSR count). The van der Waals surface area contributed by atoms with Crippen LogP contribution >= 0.6 is 11.8 Å². The maximum atomic E-state index is 11.7. The number of carbonyl (C=O) groups is 1. The second-order valence-corrected chi connectivity index (χ2v) is 6.04. The summed E-state index contributed by atoms with van der Waals surface area (Å²) in [5.74, 6) is 1.04. The number of hydrogen-bond acceptors (Lipinski definition) is 2. The molecule has 0 bridgehead atoms. The van der Waals surface area contributed by atoms with Crippen molar-refractivity contribution in [1.29, 1.82) is 0 Å². The van der Waals surface area contributed by atoms with Crippen LogP contribution in [0.25, 0.3) is 0 Å². The first-order chi connectivity index (χ1) is 8.84. The summed E-state index contributed by atoms with van der Waals surface area (Å²) in [5.41, 5.74) is 0. The Labute approximate surface area is 116 Å². The third kappa shape index (κ3) is 7.05. The largest absolute Gasteiger partial charge is 0.286 e. The normalized spacial score (nSPS) is 14.5. The van der Waals surface area contributed by atoms with E-state index in [9.17, 15) is 4.79 Å². The molecule has 0 aromatic rings. The van der Waals surface area contributed by atoms with Crippen molar-refractivity contribution in [3.8, 4) is 0 Å². The Morgan fingerprint density at radius 3 is 2.11 bits per heavy atom. The monoisotopic (exact) mass is 266 g/mol. The summed E-state index contributed by atoms with van der Waals surface area (Å²) in [5, 5.41) is 0.308. The molecule has 0 saturated heterocycles. The minimum atomic E-state index is 0.0454. The summed E-state index contributed by atoms with van der Waals surface area (Å²) in [4.78, 5) is 11.7. The van der Waals surface area contributed by atoms with E-state index < -0.39 is 0 Å². The lowest BCUT2D eigenvalue weighted by Crippen LogP contribution is -2.04. The zero-order valence-electron chi connectivity index (χ0n) is 11.6. The molecule has 1 nitrogen and oxygen atoms in total. The molecule has 102 valence electrons. The fraction of sp³-hybridized carbons (Fsp3) is 0.688. The van der Waals surface area contributed by atoms with E-state index in [0.29, 0.717) is 5.12 Å². The summed E-state index contributed by atoms with van der Waals surface area (Å²) < 4.78 is 0. The van der Waals surface area contributed by atoms with Crippen molar-refractivity contribution in [1.82, 2.24) is 0 Å². The second-order valence-electron chi connectivity index (χ2n) is 4.94. The Morgan fingerprint density at radius 2 is 1.50 bits per heavy atom. The predicted octanol–water partition coefficient (Wildman–Crippen LogP) is 5.13. The molecule has 0 aliphatic heterocycles. The Hall–Kier alpha value is -0.500. The maximum absolute atomic E-state index is 11.7. The third-order valence-corrected chi connectivity index (χ3v) is 4.31. The van der Waals surface area contributed by atoms with Gasteiger partial charge in [0.05, 0.1) is 5.92 Å². The van der Waals surface area contributed by atoms with Gasteiger partial charge in [-0.3, -0.25) is 4.79 Å². The highest BCUT2D eigenvalue weighted by Crippen LogP contribution is 2.19. The predicted molar refractivity (Wildman–Crippen MR) is 81.8 cm³/mol. The molecule has 0 heterocycles. The molecule has 18 heavy (non-hydrogen) atoms. The lowest BCUT2D eigenvalue weighted by atomic mass is 10.1. The zero-order valence-corrected chi connectivity index (χ0v) is 12.4. The van der Waals surface area contributed by atoms with E-state index in [-0.39, 0.29) is 5.92 Å². The minimum absolute atomic E-state index is 0.0454. The van der Waals surface area contributed by atoms with E-state index in [1.807, 2.05) is 24.3 Å². The van der Waals surface area contributed by atoms with Crippen molar-refractivity contribution in [2.45, 2.75) is 58.3 Å². The first-order valence-electron chi connectivity index (χ1n) is 7.36. The van der Waals surface area contributed by atoms with Crippen molar-refractivity contribution < 1.29 is 4.79 Å². The standard InChI is InChI=1S/C16H26OS/c1-2-3-4-5-6-7-8-11-14-18-16(17)15-12-9-10-13-15/h9-10,12-13,15H,2-8,11,14H2,1H3. The second kappa shape index (κ2) is 10.4. The van der Waals surface area contributed by atoms with Gasteiger partial charge in [-0.05, 0) is 6.42 Å². The molecule has 0 amide bonds. The lowest BCUT2D eigenvalue weighted by Gasteiger charge is -2.04. The van der Waals surface area contributed by atoms with E-state index in [1.165, 1.54) is 63.1 Å². The summed E-state index contributed by atoms with van der Waals surface area (Å²) >= 11 is 1.50. The van der Waals surface area contributed by atoms with Crippen LogP contribution in [0.1, 0.15) is 58.3 Å². The molecule has 0 saturated carbocycles. The van der Waals surface area contributed by atoms with Crippen LogP contribution in [-0.4, -0.2) is 10.9 Å². The SMILES string of the molecule is CCCCCCCCCCSC(=O)C1C=CC=C1. The highest BCUT2D eigenvalue weighted by atomic mass is 32.2. The molecule has 0 unspecified atom stereocenters. The lowest BCUT2D eigenvalue weighted by molar-refractivity contribution is -0.112. The smallest absolute Gasteiger partial charge is 0.199 e. The van der Waals surface area contributed by atoms with E-state index in [0.717, 1.165) is 5.75 Å². The van der Waals surface area contributed by atoms with Crippen molar-refractivity contribution in [2.24, 2.45) is 5.92 Å². The minimum Gasteiger partial charge on any atom is -0.286 e. The Morgan fingerprint density at radius 1 is 0.944 bits per heavy atom. The van der Waals surface area contributed by atoms with Crippen LogP contribution in [0, 0.1) is 5.92 Å². The number of allylic oxidation sites excluding steroid dienone is 4. The molecule has 0 atom stereocenters. The molecule has 2 heteroatoms. The molecule has 0 spiro atoms. The van der Waals surface area contributed by atoms with Gasteiger partial charge in [-0.2, -0.15) is 0 Å². The number of rotatable bonds is 10. The van der Waals surface area contributed by atoms with Gasteiger partial charge in [0, 0.05) is 5.75 Å². The van der Waals surface area contributed by atoms with Gasteiger partial charge >= 0.3 is 0 Å². The molecule has 0 aromatic heterocycles. The first-order valence-corrected chi connectivity index (χ1v) is 8.34. The van der Waals surface area contributed by atoms with Gasteiger partial charge in [-0.1, -0.05) is 87.9 Å². The fourth-order valence-corrected chi connectivity index (χ4v) is 2.99. The van der Waals surface area contributed by atoms with Crippen LogP contribution in [0.2, 0.25) is 0 Å². The average molecular weight is 266 g/mol. The average Bonchev–Trinajstić information content (AvgIpc) is 2.90. The summed E-state index contributed by atoms with van der Waals surface area (Å²) in [7, 11) is 0. The van der Waals surface area contributed by atoms with Crippen molar-refractivity contribution in [3.63, 3.8) is 0 Å². The molecular weight excluding hydrogens is 240 g/mol. The van der Waals surface area contributed by atoms with Crippen molar-refractivity contribution in [3.05, 3.63) is 24.3 Å². The summed E-state index contributed by atoms with van der Waals surface area (Å²) in [6.07, 6.45) is 18.5. The zero-order chi connectivity index (χ0) is 13.1. The third-order valence-electron chi connectivity index (χ3n) is 3.26. The summed E-state index contributed by atoms with van der Waals surface area (Å²) in [6, 6.07) is 0. The Bertz CT molecular complexity index is 269. The quantitative estimate of drug-likeness (QED) is 0.510. The highest BCUT2D eigenvalue weighted by Gasteiger charge is 2.13. The van der Waals surface area contributed by atoms with Crippen LogP contribution in [0.5, 0.6) is 0 Å².